The average Bonchev–Trinajstić information content (AvgIpc) is 1.69. The van der Waals surface area contributed by atoms with Crippen molar-refractivity contribution in [2.24, 2.45) is 0 Å². The summed E-state index contributed by atoms with van der Waals surface area (Å²) in [6.45, 7) is 10.8. The van der Waals surface area contributed by atoms with Crippen molar-refractivity contribution in [2.45, 2.75) is 82.5 Å². The Kier molecular flexibility index (Phi) is 26.5. The lowest BCUT2D eigenvalue weighted by atomic mass is 9.81. The highest BCUT2D eigenvalue weighted by atomic mass is 79.9. The zero-order chi connectivity index (χ0) is 68.9. The Morgan fingerprint density at radius 3 is 1.53 bits per heavy atom. The van der Waals surface area contributed by atoms with Gasteiger partial charge < -0.3 is 28.6 Å². The van der Waals surface area contributed by atoms with Gasteiger partial charge in [0.2, 0.25) is 37.8 Å². The van der Waals surface area contributed by atoms with Gasteiger partial charge in [-0.05, 0) is 182 Å². The van der Waals surface area contributed by atoms with Gasteiger partial charge >= 0.3 is 7.12 Å². The van der Waals surface area contributed by atoms with Crippen LogP contribution in [-0.4, -0.2) is 121 Å². The molecule has 9 aromatic rings. The second-order valence-corrected chi connectivity index (χ2v) is 33.6. The molecule has 0 amide bonds. The molecule has 0 radical (unpaired) electrons. The van der Waals surface area contributed by atoms with E-state index in [1.54, 1.807) is 72.1 Å². The highest BCUT2D eigenvalue weighted by molar-refractivity contribution is 9.10. The van der Waals surface area contributed by atoms with E-state index in [1.165, 1.54) is 53.5 Å². The minimum Gasteiger partial charge on any atom is -0.472 e. The van der Waals surface area contributed by atoms with E-state index in [0.29, 0.717) is 55.6 Å². The van der Waals surface area contributed by atoms with Gasteiger partial charge in [-0.15, -0.1) is 34.0 Å². The lowest BCUT2D eigenvalue weighted by molar-refractivity contribution is -0.00535. The predicted octanol–water partition coefficient (Wildman–Crippen LogP) is 15.8. The molecule has 17 nitrogen and oxygen atoms in total. The van der Waals surface area contributed by atoms with E-state index in [0.717, 1.165) is 110 Å². The largest absolute Gasteiger partial charge is 0.495 e. The number of anilines is 2. The normalized spacial score (nSPS) is 16.7. The fourth-order valence-electron chi connectivity index (χ4n) is 9.30. The molecule has 12 rings (SSSR count). The summed E-state index contributed by atoms with van der Waals surface area (Å²) < 4.78 is 128. The van der Waals surface area contributed by atoms with Crippen LogP contribution in [0.5, 0.6) is 5.88 Å². The van der Waals surface area contributed by atoms with Crippen LogP contribution in [0.4, 0.5) is 20.2 Å². The molecule has 0 spiro atoms. The van der Waals surface area contributed by atoms with Gasteiger partial charge in [0, 0.05) is 108 Å². The smallest absolute Gasteiger partial charge is 0.472 e. The van der Waals surface area contributed by atoms with Gasteiger partial charge in [-0.3, -0.25) is 9.44 Å². The average molecular weight is 1540 g/mol. The van der Waals surface area contributed by atoms with Crippen molar-refractivity contribution in [1.82, 2.24) is 15.0 Å². The molecule has 3 saturated heterocycles. The summed E-state index contributed by atoms with van der Waals surface area (Å²) in [6, 6.07) is 31.4. The summed E-state index contributed by atoms with van der Waals surface area (Å²) in [4.78, 5) is 14.1. The Hall–Kier alpha value is -5.47. The number of thiophene rings is 3. The number of hydrogen-bond donors (Lipinski definition) is 3. The zero-order valence-corrected chi connectivity index (χ0v) is 61.2. The summed E-state index contributed by atoms with van der Waals surface area (Å²) in [5, 5.41) is 16.2. The van der Waals surface area contributed by atoms with Crippen molar-refractivity contribution in [3.05, 3.63) is 181 Å². The number of halogens is 6. The Labute approximate surface area is 588 Å². The highest BCUT2D eigenvalue weighted by Crippen LogP contribution is 2.41. The van der Waals surface area contributed by atoms with Crippen LogP contribution in [0.1, 0.15) is 58.9 Å². The molecule has 2 atom stereocenters. The van der Waals surface area contributed by atoms with Crippen molar-refractivity contribution < 1.29 is 62.7 Å². The number of aliphatic hydroxyl groups is 1. The van der Waals surface area contributed by atoms with Crippen LogP contribution < -0.4 is 19.6 Å². The lowest BCUT2D eigenvalue weighted by Gasteiger charge is -2.32. The molecule has 0 bridgehead atoms. The van der Waals surface area contributed by atoms with Crippen molar-refractivity contribution in [2.75, 3.05) is 54.6 Å². The first-order valence-electron chi connectivity index (χ1n) is 29.2. The van der Waals surface area contributed by atoms with Gasteiger partial charge in [-0.25, -0.2) is 40.2 Å². The molecule has 30 heteroatoms. The predicted molar refractivity (Wildman–Crippen MR) is 384 cm³/mol. The second kappa shape index (κ2) is 33.4. The number of nitrogens with zero attached hydrogens (tertiary/aromatic N) is 3. The molecule has 3 aliphatic rings. The molecular formula is C65H68BBrCl3F2N5O12S6. The molecule has 0 saturated carbocycles. The van der Waals surface area contributed by atoms with Gasteiger partial charge in [0.1, 0.15) is 6.10 Å². The molecule has 2 unspecified atom stereocenters. The zero-order valence-electron chi connectivity index (χ0n) is 52.4. The van der Waals surface area contributed by atoms with E-state index >= 15 is 0 Å². The van der Waals surface area contributed by atoms with E-state index < -0.39 is 60.1 Å². The number of pyridine rings is 3. The van der Waals surface area contributed by atoms with Crippen molar-refractivity contribution >= 4 is 139 Å². The van der Waals surface area contributed by atoms with Crippen molar-refractivity contribution in [3.8, 4) is 59.5 Å². The molecule has 3 aromatic carbocycles. The number of nitrogens with one attached hydrogen (secondary N) is 2. The quantitative estimate of drug-likeness (QED) is 0.0679. The molecule has 3 N–H and O–H groups in total. The van der Waals surface area contributed by atoms with Crippen molar-refractivity contribution in [1.29, 1.82) is 0 Å². The Morgan fingerprint density at radius 2 is 1.08 bits per heavy atom. The number of aromatic nitrogens is 3. The number of benzene rings is 3. The lowest BCUT2D eigenvalue weighted by Crippen LogP contribution is -2.41. The molecule has 506 valence electrons. The van der Waals surface area contributed by atoms with E-state index in [-0.39, 0.29) is 18.0 Å². The van der Waals surface area contributed by atoms with Crippen LogP contribution in [0.25, 0.3) is 53.6 Å². The third-order valence-corrected chi connectivity index (χ3v) is 20.9. The number of sulfone groups is 1. The maximum Gasteiger partial charge on any atom is 0.495 e. The topological polar surface area (TPSA) is 232 Å². The third-order valence-electron chi connectivity index (χ3n) is 14.5. The van der Waals surface area contributed by atoms with E-state index in [2.05, 4.69) is 51.8 Å². The summed E-state index contributed by atoms with van der Waals surface area (Å²) in [7, 11) is -10.2. The molecule has 95 heavy (non-hydrogen) atoms. The van der Waals surface area contributed by atoms with Gasteiger partial charge in [0.15, 0.2) is 9.84 Å². The van der Waals surface area contributed by atoms with E-state index in [1.807, 2.05) is 74.9 Å². The fraction of sp³-hybridized carbons (Fsp3) is 0.308. The number of ether oxygens (including phenoxy) is 3. The monoisotopic (exact) mass is 1540 g/mol. The maximum atomic E-state index is 13.2. The SMILES string of the molecule is CC1(C)OB(c2csc(-c3ccc(NS(C)(=O)=O)cc3Cl)c2)OC1(C)C.CS(=O)(=O)Cc1ccc(-c2cc(-c3ccnc(F)c3)cs2)c(Cl)c1.CS(=O)(=O)Nc1ccc(-c2cc(-c3ccnc(OC4CCCOC4)c3)cs2)c(Cl)c1.Fc1cc(Br)ccn1.OC1CCCOC1. The van der Waals surface area contributed by atoms with Gasteiger partial charge in [-0.2, -0.15) is 8.78 Å². The summed E-state index contributed by atoms with van der Waals surface area (Å²) in [6.07, 6.45) is 11.7. The minimum atomic E-state index is -3.35. The summed E-state index contributed by atoms with van der Waals surface area (Å²) >= 11 is 26.8. The van der Waals surface area contributed by atoms with Crippen LogP contribution in [-0.2, 0) is 54.4 Å². The highest BCUT2D eigenvalue weighted by Gasteiger charge is 2.52. The van der Waals surface area contributed by atoms with Crippen LogP contribution >= 0.6 is 84.7 Å². The Balaban J connectivity index is 0.000000164. The van der Waals surface area contributed by atoms with E-state index in [9.17, 15) is 34.0 Å². The number of sulfonamides is 2. The Morgan fingerprint density at radius 1 is 0.600 bits per heavy atom. The number of aliphatic hydroxyl groups excluding tert-OH is 1. The second-order valence-electron chi connectivity index (χ2n) is 23.1. The van der Waals surface area contributed by atoms with Crippen LogP contribution in [0, 0.1) is 11.9 Å². The number of hydrogen-bond acceptors (Lipinski definition) is 18. The van der Waals surface area contributed by atoms with Crippen LogP contribution in [0.3, 0.4) is 0 Å². The fourth-order valence-corrected chi connectivity index (χ4v) is 15.4. The van der Waals surface area contributed by atoms with Gasteiger partial charge in [-0.1, -0.05) is 62.9 Å². The number of rotatable bonds is 14. The molecule has 6 aromatic heterocycles. The first-order valence-corrected chi connectivity index (χ1v) is 39.6. The minimum absolute atomic E-state index is 0.0393. The standard InChI is InChI=1S/C21H21ClN2O4S2.C17H21BClNO4S2.C17H13ClFNO2S2.C5H3BrFN.C5H10O2/c1-30(25,26)24-16-4-5-18(19(22)11-16)20-9-15(13-29-20)14-6-7-23-21(10-14)28-17-3-2-8-27-12-17;1-16(2)17(3,4)24-18(23-16)11-8-15(25-10-11)13-7-6-12(9-14(13)19)20-26(5,21)22;1-24(21,22)10-11-2-3-14(15(18)6-11)16-7-13(9-23-16)12-4-5-20-17(19)8-12;6-4-1-2-8-5(7)3-4;6-5-2-1-3-7-4-5/h4-7,9-11,13,17,24H,2-3,8,12H2,1H3;6-10,20H,1-5H3;2-9H,10H2,1H3;1-3H;5-6H,1-4H2. The maximum absolute atomic E-state index is 13.2. The third kappa shape index (κ3) is 23.3. The Bertz CT molecular complexity index is 4410. The molecule has 0 aliphatic carbocycles. The first kappa shape index (κ1) is 75.3. The van der Waals surface area contributed by atoms with Gasteiger partial charge in [0.25, 0.3) is 0 Å². The molecular weight excluding hydrogens is 1470 g/mol. The van der Waals surface area contributed by atoms with E-state index in [4.69, 9.17) is 63.4 Å². The van der Waals surface area contributed by atoms with Crippen LogP contribution in [0.15, 0.2) is 148 Å². The summed E-state index contributed by atoms with van der Waals surface area (Å²) in [5.74, 6) is -0.438. The molecule has 3 aliphatic heterocycles. The summed E-state index contributed by atoms with van der Waals surface area (Å²) in [5.41, 5.74) is 7.85. The first-order chi connectivity index (χ1) is 44.7. The molecule has 9 heterocycles. The van der Waals surface area contributed by atoms with Crippen LogP contribution in [0.2, 0.25) is 15.1 Å². The molecule has 3 fully saturated rings. The van der Waals surface area contributed by atoms with Crippen molar-refractivity contribution in [3.63, 3.8) is 0 Å². The van der Waals surface area contributed by atoms with Gasteiger partial charge in [0.05, 0.1) is 58.8 Å².